The second kappa shape index (κ2) is 7.56. The third-order valence-electron chi connectivity index (χ3n) is 0.737. The standard InChI is InChI=1S/C4H10OSi2.Pt/c1-3-7(4-2)5-6;/h3-4,7H,1-2H2,6H3;. The summed E-state index contributed by atoms with van der Waals surface area (Å²) in [5, 5.41) is 0. The van der Waals surface area contributed by atoms with Gasteiger partial charge < -0.3 is 4.12 Å². The minimum atomic E-state index is -1.08. The molecule has 0 aromatic heterocycles. The van der Waals surface area contributed by atoms with Crippen LogP contribution in [0.4, 0.5) is 0 Å². The van der Waals surface area contributed by atoms with Gasteiger partial charge in [0.2, 0.25) is 9.04 Å². The Kier molecular flexibility index (Phi) is 10.7. The van der Waals surface area contributed by atoms with E-state index in [1.54, 1.807) is 0 Å². The van der Waals surface area contributed by atoms with Crippen LogP contribution in [0.15, 0.2) is 24.6 Å². The number of hydrogen-bond acceptors (Lipinski definition) is 1. The average molecular weight is 325 g/mol. The molecule has 0 radical (unpaired) electrons. The number of rotatable bonds is 3. The van der Waals surface area contributed by atoms with E-state index in [9.17, 15) is 0 Å². The molecule has 0 rings (SSSR count). The Morgan fingerprint density at radius 1 is 1.38 bits per heavy atom. The van der Waals surface area contributed by atoms with Crippen molar-refractivity contribution in [1.82, 2.24) is 0 Å². The van der Waals surface area contributed by atoms with Gasteiger partial charge in [0.15, 0.2) is 0 Å². The van der Waals surface area contributed by atoms with Gasteiger partial charge in [0.25, 0.3) is 0 Å². The molecular formula is C4H10OPtSi2. The van der Waals surface area contributed by atoms with E-state index in [-0.39, 0.29) is 21.1 Å². The third-order valence-corrected chi connectivity index (χ3v) is 3.84. The van der Waals surface area contributed by atoms with Gasteiger partial charge in [0.05, 0.1) is 0 Å². The molecule has 4 heteroatoms. The van der Waals surface area contributed by atoms with E-state index >= 15 is 0 Å². The van der Waals surface area contributed by atoms with Crippen molar-refractivity contribution in [2.45, 2.75) is 0 Å². The molecule has 0 heterocycles. The first-order chi connectivity index (χ1) is 3.35. The first kappa shape index (κ1) is 11.4. The van der Waals surface area contributed by atoms with Crippen LogP contribution in [-0.2, 0) is 25.2 Å². The summed E-state index contributed by atoms with van der Waals surface area (Å²) in [4.78, 5) is 0. The van der Waals surface area contributed by atoms with E-state index in [1.807, 2.05) is 11.4 Å². The molecule has 50 valence electrons. The zero-order chi connectivity index (χ0) is 5.70. The van der Waals surface area contributed by atoms with Crippen molar-refractivity contribution in [3.05, 3.63) is 24.6 Å². The molecule has 0 amide bonds. The van der Waals surface area contributed by atoms with Crippen LogP contribution in [-0.4, -0.2) is 19.5 Å². The molecule has 0 unspecified atom stereocenters. The van der Waals surface area contributed by atoms with E-state index in [0.29, 0.717) is 0 Å². The molecule has 1 nitrogen and oxygen atoms in total. The van der Waals surface area contributed by atoms with Gasteiger partial charge in [-0.05, 0) is 0 Å². The Morgan fingerprint density at radius 2 is 1.75 bits per heavy atom. The van der Waals surface area contributed by atoms with Crippen molar-refractivity contribution in [1.29, 1.82) is 0 Å². The van der Waals surface area contributed by atoms with E-state index in [4.69, 9.17) is 4.12 Å². The first-order valence-corrected chi connectivity index (χ1v) is 4.75. The van der Waals surface area contributed by atoms with Crippen LogP contribution in [0.2, 0.25) is 0 Å². The molecule has 0 atom stereocenters. The quantitative estimate of drug-likeness (QED) is 0.633. The Bertz CT molecular complexity index is 68.4. The van der Waals surface area contributed by atoms with Crippen LogP contribution in [0.3, 0.4) is 0 Å². The molecule has 0 spiro atoms. The molecule has 0 N–H and O–H groups in total. The van der Waals surface area contributed by atoms with Gasteiger partial charge in [-0.25, -0.2) is 0 Å². The Morgan fingerprint density at radius 3 is 1.75 bits per heavy atom. The number of hydrogen-bond donors (Lipinski definition) is 0. The van der Waals surface area contributed by atoms with Gasteiger partial charge in [-0.3, -0.25) is 0 Å². The summed E-state index contributed by atoms with van der Waals surface area (Å²) in [6.45, 7) is 7.18. The van der Waals surface area contributed by atoms with Gasteiger partial charge in [-0.1, -0.05) is 11.4 Å². The van der Waals surface area contributed by atoms with E-state index in [2.05, 4.69) is 13.2 Å². The monoisotopic (exact) mass is 325 g/mol. The van der Waals surface area contributed by atoms with Gasteiger partial charge in [0, 0.05) is 21.1 Å². The largest absolute Gasteiger partial charge is 0.460 e. The van der Waals surface area contributed by atoms with Crippen molar-refractivity contribution in [3.63, 3.8) is 0 Å². The average Bonchev–Trinajstić information content (AvgIpc) is 1.72. The summed E-state index contributed by atoms with van der Waals surface area (Å²) in [6.07, 6.45) is 0. The molecule has 0 saturated heterocycles. The third kappa shape index (κ3) is 4.71. The van der Waals surface area contributed by atoms with Crippen molar-refractivity contribution in [2.75, 3.05) is 0 Å². The molecule has 0 aromatic rings. The summed E-state index contributed by atoms with van der Waals surface area (Å²) < 4.78 is 5.09. The molecule has 0 aliphatic carbocycles. The fraction of sp³-hybridized carbons (Fsp3) is 0. The van der Waals surface area contributed by atoms with Gasteiger partial charge in [-0.2, -0.15) is 0 Å². The van der Waals surface area contributed by atoms with Crippen LogP contribution < -0.4 is 0 Å². The van der Waals surface area contributed by atoms with Crippen molar-refractivity contribution in [2.24, 2.45) is 0 Å². The summed E-state index contributed by atoms with van der Waals surface area (Å²) >= 11 is 0. The van der Waals surface area contributed by atoms with Crippen LogP contribution in [0.1, 0.15) is 0 Å². The summed E-state index contributed by atoms with van der Waals surface area (Å²) in [7, 11) is -0.271. The molecule has 8 heavy (non-hydrogen) atoms. The molecule has 0 aliphatic heterocycles. The van der Waals surface area contributed by atoms with Gasteiger partial charge in [0.1, 0.15) is 10.5 Å². The van der Waals surface area contributed by atoms with Crippen LogP contribution in [0.25, 0.3) is 0 Å². The second-order valence-electron chi connectivity index (χ2n) is 1.17. The Hall–Kier alpha value is 0.562. The van der Waals surface area contributed by atoms with Crippen LogP contribution >= 0.6 is 0 Å². The maximum atomic E-state index is 5.09. The van der Waals surface area contributed by atoms with E-state index in [1.165, 1.54) is 0 Å². The van der Waals surface area contributed by atoms with Crippen molar-refractivity contribution >= 4 is 19.5 Å². The molecule has 0 bridgehead atoms. The summed E-state index contributed by atoms with van der Waals surface area (Å²) in [6, 6.07) is 0. The predicted molar refractivity (Wildman–Crippen MR) is 38.6 cm³/mol. The molecule has 0 aromatic carbocycles. The zero-order valence-electron chi connectivity index (χ0n) is 4.87. The molecule has 0 saturated carbocycles. The maximum absolute atomic E-state index is 5.09. The van der Waals surface area contributed by atoms with E-state index in [0.717, 1.165) is 10.5 Å². The Labute approximate surface area is 69.4 Å². The predicted octanol–water partition coefficient (Wildman–Crippen LogP) is -0.545. The molecule has 0 fully saturated rings. The van der Waals surface area contributed by atoms with Crippen LogP contribution in [0.5, 0.6) is 0 Å². The first-order valence-electron chi connectivity index (χ1n) is 2.13. The minimum Gasteiger partial charge on any atom is -0.460 e. The SMILES string of the molecule is C=C[SiH](C=C)O[SiH3].[Pt]. The summed E-state index contributed by atoms with van der Waals surface area (Å²) in [5.41, 5.74) is 3.72. The fourth-order valence-electron chi connectivity index (χ4n) is 0.289. The van der Waals surface area contributed by atoms with Crippen LogP contribution in [0, 0.1) is 0 Å². The molecular weight excluding hydrogens is 315 g/mol. The van der Waals surface area contributed by atoms with Crippen molar-refractivity contribution in [3.8, 4) is 0 Å². The van der Waals surface area contributed by atoms with E-state index < -0.39 is 9.04 Å². The molecule has 0 aliphatic rings. The van der Waals surface area contributed by atoms with Gasteiger partial charge >= 0.3 is 0 Å². The Balaban J connectivity index is 0. The minimum absolute atomic E-state index is 0. The smallest absolute Gasteiger partial charge is 0.212 e. The van der Waals surface area contributed by atoms with Gasteiger partial charge in [-0.15, -0.1) is 13.2 Å². The van der Waals surface area contributed by atoms with Crippen molar-refractivity contribution < 1.29 is 25.2 Å². The zero-order valence-corrected chi connectivity index (χ0v) is 10.3. The second-order valence-corrected chi connectivity index (χ2v) is 4.93. The topological polar surface area (TPSA) is 9.23 Å². The summed E-state index contributed by atoms with van der Waals surface area (Å²) in [5.74, 6) is 0. The normalized spacial score (nSPS) is 8.12. The fourth-order valence-corrected chi connectivity index (χ4v) is 2.02. The maximum Gasteiger partial charge on any atom is 0.212 e.